The molecule has 0 amide bonds. The maximum atomic E-state index is 14.6. The zero-order chi connectivity index (χ0) is 20.1. The quantitative estimate of drug-likeness (QED) is 0.306. The minimum absolute atomic E-state index is 0.200. The monoisotopic (exact) mass is 389 g/mol. The smallest absolute Gasteiger partial charge is 0.138 e. The molecule has 0 aliphatic heterocycles. The fourth-order valence-corrected chi connectivity index (χ4v) is 4.28. The summed E-state index contributed by atoms with van der Waals surface area (Å²) in [5.74, 6) is 1.35. The van der Waals surface area contributed by atoms with Crippen LogP contribution in [0, 0.1) is 5.82 Å². The molecule has 0 saturated heterocycles. The van der Waals surface area contributed by atoms with Crippen LogP contribution >= 0.6 is 0 Å². The molecule has 0 aliphatic carbocycles. The number of nitrogens with zero attached hydrogens (tertiary/aromatic N) is 3. The van der Waals surface area contributed by atoms with E-state index in [1.807, 2.05) is 59.5 Å². The van der Waals surface area contributed by atoms with Crippen molar-refractivity contribution >= 4 is 49.6 Å². The molecule has 2 aromatic heterocycles. The molecule has 0 saturated carbocycles. The van der Waals surface area contributed by atoms with Crippen molar-refractivity contribution in [2.75, 3.05) is 4.90 Å². The number of aromatic nitrogens is 2. The van der Waals surface area contributed by atoms with Crippen molar-refractivity contribution in [3.63, 3.8) is 0 Å². The van der Waals surface area contributed by atoms with Gasteiger partial charge in [0.15, 0.2) is 0 Å². The fraction of sp³-hybridized carbons (Fsp3) is 0. The lowest BCUT2D eigenvalue weighted by Crippen LogP contribution is -2.13. The van der Waals surface area contributed by atoms with Crippen LogP contribution in [0.2, 0.25) is 0 Å². The van der Waals surface area contributed by atoms with E-state index >= 15 is 0 Å². The SMILES string of the molecule is Fc1ccc2ccc3c(N(c4ccccn4)c4ccccn4)ccc4ccc1c2c43. The van der Waals surface area contributed by atoms with E-state index in [0.29, 0.717) is 5.39 Å². The number of anilines is 3. The molecule has 0 radical (unpaired) electrons. The van der Waals surface area contributed by atoms with Crippen LogP contribution in [0.3, 0.4) is 0 Å². The minimum atomic E-state index is -0.200. The van der Waals surface area contributed by atoms with Crippen LogP contribution in [-0.2, 0) is 0 Å². The normalized spacial score (nSPS) is 11.5. The first-order valence-electron chi connectivity index (χ1n) is 9.79. The summed E-state index contributed by atoms with van der Waals surface area (Å²) in [6.45, 7) is 0. The molecule has 2 heterocycles. The molecule has 0 N–H and O–H groups in total. The van der Waals surface area contributed by atoms with Crippen molar-refractivity contribution < 1.29 is 4.39 Å². The second-order valence-corrected chi connectivity index (χ2v) is 7.27. The number of pyridine rings is 2. The predicted molar refractivity (Wildman–Crippen MR) is 120 cm³/mol. The summed E-state index contributed by atoms with van der Waals surface area (Å²) in [6.07, 6.45) is 3.55. The lowest BCUT2D eigenvalue weighted by atomic mass is 9.93. The summed E-state index contributed by atoms with van der Waals surface area (Å²) >= 11 is 0. The topological polar surface area (TPSA) is 29.0 Å². The highest BCUT2D eigenvalue weighted by Crippen LogP contribution is 2.42. The molecular formula is C26H16FN3. The maximum Gasteiger partial charge on any atom is 0.138 e. The predicted octanol–water partition coefficient (Wildman–Crippen LogP) is 6.98. The fourth-order valence-electron chi connectivity index (χ4n) is 4.28. The summed E-state index contributed by atoms with van der Waals surface area (Å²) in [5, 5.41) is 5.80. The van der Waals surface area contributed by atoms with Crippen molar-refractivity contribution in [3.8, 4) is 0 Å². The first-order valence-corrected chi connectivity index (χ1v) is 9.79. The van der Waals surface area contributed by atoms with Crippen molar-refractivity contribution in [1.82, 2.24) is 9.97 Å². The molecule has 4 aromatic carbocycles. The first-order chi connectivity index (χ1) is 14.8. The summed E-state index contributed by atoms with van der Waals surface area (Å²) in [5.41, 5.74) is 0.957. The lowest BCUT2D eigenvalue weighted by Gasteiger charge is -2.25. The van der Waals surface area contributed by atoms with Gasteiger partial charge in [0, 0.05) is 28.6 Å². The Hall–Kier alpha value is -4.05. The molecule has 0 bridgehead atoms. The van der Waals surface area contributed by atoms with Crippen molar-refractivity contribution in [3.05, 3.63) is 103 Å². The van der Waals surface area contributed by atoms with Gasteiger partial charge in [-0.25, -0.2) is 14.4 Å². The zero-order valence-corrected chi connectivity index (χ0v) is 16.0. The summed E-state index contributed by atoms with van der Waals surface area (Å²) in [7, 11) is 0. The zero-order valence-electron chi connectivity index (χ0n) is 16.0. The molecule has 3 nitrogen and oxygen atoms in total. The third-order valence-electron chi connectivity index (χ3n) is 5.59. The van der Waals surface area contributed by atoms with Crippen LogP contribution in [0.15, 0.2) is 97.3 Å². The summed E-state index contributed by atoms with van der Waals surface area (Å²) in [6, 6.07) is 27.2. The lowest BCUT2D eigenvalue weighted by molar-refractivity contribution is 0.640. The standard InChI is InChI=1S/C26H16FN3/c27-21-13-9-17-8-12-20-22(14-10-18-7-11-19(21)25(17)26(18)20)30(23-5-1-3-15-28-23)24-6-2-4-16-29-24/h1-16H. The summed E-state index contributed by atoms with van der Waals surface area (Å²) in [4.78, 5) is 11.2. The van der Waals surface area contributed by atoms with E-state index in [1.54, 1.807) is 12.4 Å². The second-order valence-electron chi connectivity index (χ2n) is 7.27. The third-order valence-corrected chi connectivity index (χ3v) is 5.59. The number of rotatable bonds is 3. The van der Waals surface area contributed by atoms with Crippen LogP contribution in [0.25, 0.3) is 32.3 Å². The Morgan fingerprint density at radius 2 is 1.13 bits per heavy atom. The molecule has 142 valence electrons. The molecule has 0 fully saturated rings. The van der Waals surface area contributed by atoms with Crippen molar-refractivity contribution in [1.29, 1.82) is 0 Å². The van der Waals surface area contributed by atoms with Crippen LogP contribution < -0.4 is 4.90 Å². The van der Waals surface area contributed by atoms with E-state index in [0.717, 1.165) is 44.3 Å². The Kier molecular flexibility index (Phi) is 3.65. The van der Waals surface area contributed by atoms with Gasteiger partial charge in [0.1, 0.15) is 17.5 Å². The van der Waals surface area contributed by atoms with Crippen LogP contribution in [0.4, 0.5) is 21.7 Å². The average Bonchev–Trinajstić information content (AvgIpc) is 2.81. The molecular weight excluding hydrogens is 373 g/mol. The molecule has 4 heteroatoms. The van der Waals surface area contributed by atoms with Gasteiger partial charge in [-0.1, -0.05) is 48.5 Å². The summed E-state index contributed by atoms with van der Waals surface area (Å²) < 4.78 is 14.6. The number of halogens is 1. The van der Waals surface area contributed by atoms with Gasteiger partial charge in [-0.05, 0) is 52.6 Å². The third kappa shape index (κ3) is 2.44. The van der Waals surface area contributed by atoms with E-state index in [9.17, 15) is 4.39 Å². The largest absolute Gasteiger partial charge is 0.278 e. The highest BCUT2D eigenvalue weighted by Gasteiger charge is 2.19. The van der Waals surface area contributed by atoms with E-state index in [-0.39, 0.29) is 5.82 Å². The van der Waals surface area contributed by atoms with Crippen LogP contribution in [0.5, 0.6) is 0 Å². The minimum Gasteiger partial charge on any atom is -0.278 e. The second kappa shape index (κ2) is 6.49. The molecule has 6 rings (SSSR count). The Morgan fingerprint density at radius 1 is 0.567 bits per heavy atom. The van der Waals surface area contributed by atoms with Gasteiger partial charge in [-0.2, -0.15) is 0 Å². The Balaban J connectivity index is 1.73. The van der Waals surface area contributed by atoms with Gasteiger partial charge in [0.05, 0.1) is 5.69 Å². The molecule has 0 spiro atoms. The van der Waals surface area contributed by atoms with Crippen LogP contribution in [0.1, 0.15) is 0 Å². The molecule has 6 aromatic rings. The van der Waals surface area contributed by atoms with Gasteiger partial charge < -0.3 is 0 Å². The number of hydrogen-bond acceptors (Lipinski definition) is 3. The molecule has 0 unspecified atom stereocenters. The Bertz CT molecular complexity index is 1460. The van der Waals surface area contributed by atoms with Gasteiger partial charge >= 0.3 is 0 Å². The average molecular weight is 389 g/mol. The number of hydrogen-bond donors (Lipinski definition) is 0. The molecule has 30 heavy (non-hydrogen) atoms. The molecule has 0 atom stereocenters. The van der Waals surface area contributed by atoms with Crippen molar-refractivity contribution in [2.24, 2.45) is 0 Å². The van der Waals surface area contributed by atoms with E-state index in [2.05, 4.69) is 34.2 Å². The van der Waals surface area contributed by atoms with Gasteiger partial charge in [-0.3, -0.25) is 4.90 Å². The van der Waals surface area contributed by atoms with E-state index in [1.165, 1.54) is 6.07 Å². The Labute approximate surface area is 172 Å². The van der Waals surface area contributed by atoms with Gasteiger partial charge in [-0.15, -0.1) is 0 Å². The van der Waals surface area contributed by atoms with E-state index < -0.39 is 0 Å². The highest BCUT2D eigenvalue weighted by atomic mass is 19.1. The number of benzene rings is 4. The highest BCUT2D eigenvalue weighted by molar-refractivity contribution is 6.25. The van der Waals surface area contributed by atoms with E-state index in [4.69, 9.17) is 0 Å². The van der Waals surface area contributed by atoms with Crippen LogP contribution in [-0.4, -0.2) is 9.97 Å². The maximum absolute atomic E-state index is 14.6. The van der Waals surface area contributed by atoms with Gasteiger partial charge in [0.25, 0.3) is 0 Å². The van der Waals surface area contributed by atoms with Crippen molar-refractivity contribution in [2.45, 2.75) is 0 Å². The Morgan fingerprint density at radius 3 is 1.77 bits per heavy atom. The first kappa shape index (κ1) is 16.9. The molecule has 0 aliphatic rings. The van der Waals surface area contributed by atoms with Gasteiger partial charge in [0.2, 0.25) is 0 Å².